The van der Waals surface area contributed by atoms with Crippen molar-refractivity contribution >= 4 is 17.6 Å². The molecule has 0 aromatic rings. The zero-order valence-corrected chi connectivity index (χ0v) is 10.9. The van der Waals surface area contributed by atoms with Crippen molar-refractivity contribution in [1.82, 2.24) is 0 Å². The van der Waals surface area contributed by atoms with Crippen molar-refractivity contribution in [2.24, 2.45) is 4.99 Å². The Morgan fingerprint density at radius 2 is 1.53 bits per heavy atom. The topological polar surface area (TPSA) is 66.7 Å². The van der Waals surface area contributed by atoms with Crippen molar-refractivity contribution in [2.45, 2.75) is 65.2 Å². The van der Waals surface area contributed by atoms with Crippen molar-refractivity contribution in [3.63, 3.8) is 0 Å². The molecule has 17 heavy (non-hydrogen) atoms. The van der Waals surface area contributed by atoms with Crippen LogP contribution in [0, 0.1) is 0 Å². The van der Waals surface area contributed by atoms with E-state index in [1.165, 1.54) is 32.6 Å². The van der Waals surface area contributed by atoms with E-state index >= 15 is 0 Å². The lowest BCUT2D eigenvalue weighted by atomic mass is 10.1. The quantitative estimate of drug-likeness (QED) is 0.498. The van der Waals surface area contributed by atoms with Gasteiger partial charge < -0.3 is 5.11 Å². The number of aliphatic carboxylic acids is 1. The number of hydrogen-bond acceptors (Lipinski definition) is 2. The van der Waals surface area contributed by atoms with Crippen LogP contribution in [-0.2, 0) is 9.59 Å². The Bertz CT molecular complexity index is 272. The minimum atomic E-state index is -1.13. The van der Waals surface area contributed by atoms with Gasteiger partial charge >= 0.3 is 5.97 Å². The summed E-state index contributed by atoms with van der Waals surface area (Å²) in [5, 5.41) is 8.54. The first kappa shape index (κ1) is 15.8. The van der Waals surface area contributed by atoms with Crippen LogP contribution in [0.2, 0.25) is 0 Å². The molecule has 0 aliphatic rings. The number of rotatable bonds is 9. The molecule has 0 aliphatic carbocycles. The lowest BCUT2D eigenvalue weighted by Crippen LogP contribution is -2.10. The smallest absolute Gasteiger partial charge is 0.350 e. The highest BCUT2D eigenvalue weighted by atomic mass is 16.4. The molecule has 1 N–H and O–H groups in total. The van der Waals surface area contributed by atoms with Gasteiger partial charge in [-0.1, -0.05) is 45.4 Å². The standard InChI is InChI=1S/C13H23NO3/c1-3-4-5-6-7-8-9-10-12(15)14-11(2)13(16)17/h3-10H2,1-2H3,(H,16,17)/b14-11+. The molecule has 0 saturated carbocycles. The number of amides is 1. The molecule has 0 aliphatic heterocycles. The molecule has 0 rings (SSSR count). The number of hydrogen-bond donors (Lipinski definition) is 1. The zero-order valence-electron chi connectivity index (χ0n) is 10.9. The average Bonchev–Trinajstić information content (AvgIpc) is 2.27. The first-order valence-electron chi connectivity index (χ1n) is 6.39. The van der Waals surface area contributed by atoms with Gasteiger partial charge in [0.1, 0.15) is 5.71 Å². The second-order valence-corrected chi connectivity index (χ2v) is 4.27. The maximum Gasteiger partial charge on any atom is 0.350 e. The third-order valence-corrected chi connectivity index (χ3v) is 2.60. The molecule has 0 aromatic heterocycles. The molecular weight excluding hydrogens is 218 g/mol. The molecule has 0 atom stereocenters. The molecule has 0 unspecified atom stereocenters. The van der Waals surface area contributed by atoms with E-state index in [9.17, 15) is 9.59 Å². The van der Waals surface area contributed by atoms with Crippen molar-refractivity contribution in [3.8, 4) is 0 Å². The molecule has 0 aromatic carbocycles. The number of unbranched alkanes of at least 4 members (excludes halogenated alkanes) is 6. The van der Waals surface area contributed by atoms with E-state index in [0.29, 0.717) is 6.42 Å². The van der Waals surface area contributed by atoms with E-state index in [0.717, 1.165) is 19.3 Å². The highest BCUT2D eigenvalue weighted by molar-refractivity contribution is 6.36. The van der Waals surface area contributed by atoms with Crippen LogP contribution < -0.4 is 0 Å². The first-order valence-corrected chi connectivity index (χ1v) is 6.39. The van der Waals surface area contributed by atoms with E-state index in [4.69, 9.17) is 5.11 Å². The average molecular weight is 241 g/mol. The highest BCUT2D eigenvalue weighted by Crippen LogP contribution is 2.08. The van der Waals surface area contributed by atoms with Crippen LogP contribution in [-0.4, -0.2) is 22.7 Å². The number of aliphatic imine (C=N–C) groups is 1. The van der Waals surface area contributed by atoms with Crippen LogP contribution in [0.4, 0.5) is 0 Å². The number of carboxylic acids is 1. The summed E-state index contributed by atoms with van der Waals surface area (Å²) in [5.74, 6) is -1.45. The lowest BCUT2D eigenvalue weighted by molar-refractivity contribution is -0.129. The third kappa shape index (κ3) is 9.72. The SMILES string of the molecule is CCCCCCCCCC(=O)/N=C(\C)C(=O)O. The third-order valence-electron chi connectivity index (χ3n) is 2.60. The normalized spacial score (nSPS) is 11.5. The highest BCUT2D eigenvalue weighted by Gasteiger charge is 2.05. The molecule has 0 spiro atoms. The van der Waals surface area contributed by atoms with Crippen molar-refractivity contribution in [2.75, 3.05) is 0 Å². The fourth-order valence-electron chi connectivity index (χ4n) is 1.52. The van der Waals surface area contributed by atoms with Crippen LogP contribution in [0.25, 0.3) is 0 Å². The van der Waals surface area contributed by atoms with Gasteiger partial charge in [-0.05, 0) is 13.3 Å². The van der Waals surface area contributed by atoms with Gasteiger partial charge in [0.05, 0.1) is 0 Å². The molecule has 0 saturated heterocycles. The number of carbonyl (C=O) groups excluding carboxylic acids is 1. The Balaban J connectivity index is 3.52. The monoisotopic (exact) mass is 241 g/mol. The van der Waals surface area contributed by atoms with Crippen LogP contribution in [0.15, 0.2) is 4.99 Å². The Morgan fingerprint density at radius 3 is 2.06 bits per heavy atom. The summed E-state index contributed by atoms with van der Waals surface area (Å²) >= 11 is 0. The first-order chi connectivity index (χ1) is 8.07. The second kappa shape index (κ2) is 10.00. The fraction of sp³-hybridized carbons (Fsp3) is 0.769. The Labute approximate surface area is 103 Å². The van der Waals surface area contributed by atoms with E-state index in [1.54, 1.807) is 0 Å². The summed E-state index contributed by atoms with van der Waals surface area (Å²) in [6.45, 7) is 3.52. The largest absolute Gasteiger partial charge is 0.477 e. The predicted molar refractivity (Wildman–Crippen MR) is 68.4 cm³/mol. The summed E-state index contributed by atoms with van der Waals surface area (Å²) in [5.41, 5.74) is -0.127. The Kier molecular flexibility index (Phi) is 9.30. The number of carboxylic acid groups (broad SMARTS) is 1. The van der Waals surface area contributed by atoms with Crippen LogP contribution in [0.3, 0.4) is 0 Å². The second-order valence-electron chi connectivity index (χ2n) is 4.27. The van der Waals surface area contributed by atoms with Crippen molar-refractivity contribution < 1.29 is 14.7 Å². The van der Waals surface area contributed by atoms with Gasteiger partial charge in [-0.15, -0.1) is 0 Å². The summed E-state index contributed by atoms with van der Waals surface area (Å²) in [6, 6.07) is 0. The molecule has 0 fully saturated rings. The number of nitrogens with zero attached hydrogens (tertiary/aromatic N) is 1. The van der Waals surface area contributed by atoms with Gasteiger partial charge in [-0.3, -0.25) is 4.79 Å². The van der Waals surface area contributed by atoms with E-state index < -0.39 is 5.97 Å². The van der Waals surface area contributed by atoms with Crippen LogP contribution >= 0.6 is 0 Å². The van der Waals surface area contributed by atoms with Gasteiger partial charge in [0, 0.05) is 6.42 Å². The molecule has 98 valence electrons. The van der Waals surface area contributed by atoms with E-state index in [1.807, 2.05) is 0 Å². The minimum absolute atomic E-state index is 0.127. The van der Waals surface area contributed by atoms with E-state index in [2.05, 4.69) is 11.9 Å². The summed E-state index contributed by atoms with van der Waals surface area (Å²) in [4.78, 5) is 25.2. The Hall–Kier alpha value is -1.19. The molecule has 4 heteroatoms. The van der Waals surface area contributed by atoms with Crippen molar-refractivity contribution in [3.05, 3.63) is 0 Å². The Morgan fingerprint density at radius 1 is 1.00 bits per heavy atom. The molecule has 0 heterocycles. The lowest BCUT2D eigenvalue weighted by Gasteiger charge is -1.99. The van der Waals surface area contributed by atoms with Crippen LogP contribution in [0.1, 0.15) is 65.2 Å². The fourth-order valence-corrected chi connectivity index (χ4v) is 1.52. The maximum absolute atomic E-state index is 11.2. The summed E-state index contributed by atoms with van der Waals surface area (Å²) in [7, 11) is 0. The summed E-state index contributed by atoms with van der Waals surface area (Å²) in [6.07, 6.45) is 8.34. The van der Waals surface area contributed by atoms with Gasteiger partial charge in [0.15, 0.2) is 0 Å². The predicted octanol–water partition coefficient (Wildman–Crippen LogP) is 3.20. The maximum atomic E-state index is 11.2. The van der Waals surface area contributed by atoms with Gasteiger partial charge in [-0.25, -0.2) is 9.79 Å². The van der Waals surface area contributed by atoms with Crippen LogP contribution in [0.5, 0.6) is 0 Å². The molecule has 4 nitrogen and oxygen atoms in total. The minimum Gasteiger partial charge on any atom is -0.477 e. The number of carbonyl (C=O) groups is 2. The summed E-state index contributed by atoms with van der Waals surface area (Å²) < 4.78 is 0. The molecular formula is C13H23NO3. The molecule has 0 radical (unpaired) electrons. The van der Waals surface area contributed by atoms with E-state index in [-0.39, 0.29) is 11.6 Å². The zero-order chi connectivity index (χ0) is 13.1. The molecule has 0 bridgehead atoms. The van der Waals surface area contributed by atoms with Gasteiger partial charge in [0.2, 0.25) is 5.91 Å². The van der Waals surface area contributed by atoms with Crippen molar-refractivity contribution in [1.29, 1.82) is 0 Å². The molecule has 1 amide bonds. The van der Waals surface area contributed by atoms with Gasteiger partial charge in [0.25, 0.3) is 0 Å². The van der Waals surface area contributed by atoms with Gasteiger partial charge in [-0.2, -0.15) is 0 Å².